The lowest BCUT2D eigenvalue weighted by Crippen LogP contribution is -1.93. The molecule has 0 saturated carbocycles. The Morgan fingerprint density at radius 1 is 0.944 bits per heavy atom. The van der Waals surface area contributed by atoms with Gasteiger partial charge in [-0.15, -0.1) is 0 Å². The van der Waals surface area contributed by atoms with Crippen LogP contribution in [0.1, 0.15) is 18.9 Å². The number of halogens is 3. The van der Waals surface area contributed by atoms with Crippen molar-refractivity contribution in [2.24, 2.45) is 0 Å². The molecule has 2 aromatic carbocycles. The minimum Gasteiger partial charge on any atom is -0.203 e. The zero-order valence-electron chi connectivity index (χ0n) is 10.0. The molecule has 0 bridgehead atoms. The van der Waals surface area contributed by atoms with Gasteiger partial charge < -0.3 is 0 Å². The van der Waals surface area contributed by atoms with Crippen LogP contribution in [0.25, 0.3) is 11.1 Å². The highest BCUT2D eigenvalue weighted by Gasteiger charge is 2.12. The molecule has 0 aliphatic carbocycles. The first kappa shape index (κ1) is 13.5. The summed E-state index contributed by atoms with van der Waals surface area (Å²) in [5, 5.41) is 0. The first-order valence-corrected chi connectivity index (χ1v) is 6.94. The van der Waals surface area contributed by atoms with Crippen molar-refractivity contribution in [1.82, 2.24) is 0 Å². The van der Waals surface area contributed by atoms with Crippen LogP contribution in [0.5, 0.6) is 0 Å². The van der Waals surface area contributed by atoms with Crippen LogP contribution < -0.4 is 0 Å². The van der Waals surface area contributed by atoms with E-state index in [0.717, 1.165) is 12.8 Å². The molecular formula is C15H13F2I. The SMILES string of the molecule is CCCc1ccc(-c2ccc(I)c(F)c2F)cc1. The molecule has 2 aromatic rings. The number of aryl methyl sites for hydroxylation is 1. The summed E-state index contributed by atoms with van der Waals surface area (Å²) < 4.78 is 27.6. The molecule has 0 aromatic heterocycles. The predicted molar refractivity (Wildman–Crippen MR) is 78.5 cm³/mol. The molecular weight excluding hydrogens is 345 g/mol. The molecule has 18 heavy (non-hydrogen) atoms. The quantitative estimate of drug-likeness (QED) is 0.523. The van der Waals surface area contributed by atoms with Gasteiger partial charge in [-0.05, 0) is 46.2 Å². The van der Waals surface area contributed by atoms with Crippen molar-refractivity contribution in [2.75, 3.05) is 0 Å². The van der Waals surface area contributed by atoms with E-state index in [9.17, 15) is 8.78 Å². The van der Waals surface area contributed by atoms with Gasteiger partial charge in [-0.3, -0.25) is 0 Å². The Balaban J connectivity index is 2.40. The fourth-order valence-electron chi connectivity index (χ4n) is 1.89. The van der Waals surface area contributed by atoms with E-state index in [4.69, 9.17) is 0 Å². The second kappa shape index (κ2) is 5.78. The first-order valence-electron chi connectivity index (χ1n) is 5.86. The van der Waals surface area contributed by atoms with E-state index in [0.29, 0.717) is 14.7 Å². The van der Waals surface area contributed by atoms with Crippen LogP contribution in [-0.2, 0) is 6.42 Å². The number of hydrogen-bond acceptors (Lipinski definition) is 0. The molecule has 0 aliphatic rings. The molecule has 0 N–H and O–H groups in total. The smallest absolute Gasteiger partial charge is 0.172 e. The van der Waals surface area contributed by atoms with Crippen molar-refractivity contribution >= 4 is 22.6 Å². The standard InChI is InChI=1S/C15H13F2I/c1-2-3-10-4-6-11(7-5-10)12-8-9-13(18)15(17)14(12)16/h4-9H,2-3H2,1H3. The number of rotatable bonds is 3. The molecule has 0 radical (unpaired) electrons. The molecule has 0 aliphatic heterocycles. The van der Waals surface area contributed by atoms with E-state index in [2.05, 4.69) is 6.92 Å². The summed E-state index contributed by atoms with van der Waals surface area (Å²) in [6.45, 7) is 2.11. The van der Waals surface area contributed by atoms with Crippen molar-refractivity contribution in [3.8, 4) is 11.1 Å². The van der Waals surface area contributed by atoms with E-state index in [1.807, 2.05) is 24.3 Å². The van der Waals surface area contributed by atoms with Gasteiger partial charge in [0, 0.05) is 5.56 Å². The van der Waals surface area contributed by atoms with Crippen molar-refractivity contribution in [1.29, 1.82) is 0 Å². The molecule has 0 nitrogen and oxygen atoms in total. The Morgan fingerprint density at radius 3 is 2.22 bits per heavy atom. The van der Waals surface area contributed by atoms with Gasteiger partial charge in [0.1, 0.15) is 0 Å². The summed E-state index contributed by atoms with van der Waals surface area (Å²) in [5.41, 5.74) is 2.24. The summed E-state index contributed by atoms with van der Waals surface area (Å²) in [4.78, 5) is 0. The lowest BCUT2D eigenvalue weighted by atomic mass is 10.0. The van der Waals surface area contributed by atoms with Crippen LogP contribution in [-0.4, -0.2) is 0 Å². The van der Waals surface area contributed by atoms with E-state index < -0.39 is 11.6 Å². The van der Waals surface area contributed by atoms with Gasteiger partial charge in [-0.1, -0.05) is 43.7 Å². The Labute approximate surface area is 119 Å². The summed E-state index contributed by atoms with van der Waals surface area (Å²) in [7, 11) is 0. The molecule has 3 heteroatoms. The fourth-order valence-corrected chi connectivity index (χ4v) is 2.31. The van der Waals surface area contributed by atoms with E-state index in [1.54, 1.807) is 34.7 Å². The Hall–Kier alpha value is -0.970. The Bertz CT molecular complexity index is 547. The van der Waals surface area contributed by atoms with Crippen LogP contribution in [0.3, 0.4) is 0 Å². The Morgan fingerprint density at radius 2 is 1.61 bits per heavy atom. The number of hydrogen-bond donors (Lipinski definition) is 0. The molecule has 0 spiro atoms. The molecule has 0 amide bonds. The van der Waals surface area contributed by atoms with Crippen LogP contribution >= 0.6 is 22.6 Å². The van der Waals surface area contributed by atoms with Gasteiger partial charge in [0.25, 0.3) is 0 Å². The molecule has 94 valence electrons. The molecule has 0 unspecified atom stereocenters. The zero-order valence-corrected chi connectivity index (χ0v) is 12.2. The largest absolute Gasteiger partial charge is 0.203 e. The minimum atomic E-state index is -0.773. The van der Waals surface area contributed by atoms with Gasteiger partial charge in [-0.25, -0.2) is 8.78 Å². The third-order valence-electron chi connectivity index (χ3n) is 2.84. The van der Waals surface area contributed by atoms with Crippen LogP contribution in [0.4, 0.5) is 8.78 Å². The summed E-state index contributed by atoms with van der Waals surface area (Å²) >= 11 is 1.79. The maximum Gasteiger partial charge on any atom is 0.172 e. The van der Waals surface area contributed by atoms with Crippen LogP contribution in [0, 0.1) is 15.2 Å². The topological polar surface area (TPSA) is 0 Å². The zero-order chi connectivity index (χ0) is 13.1. The average molecular weight is 358 g/mol. The van der Waals surface area contributed by atoms with Gasteiger partial charge >= 0.3 is 0 Å². The third-order valence-corrected chi connectivity index (χ3v) is 3.67. The second-order valence-corrected chi connectivity index (χ2v) is 5.33. The summed E-state index contributed by atoms with van der Waals surface area (Å²) in [6.07, 6.45) is 2.08. The maximum atomic E-state index is 13.8. The Kier molecular flexibility index (Phi) is 4.32. The minimum absolute atomic E-state index is 0.302. The van der Waals surface area contributed by atoms with E-state index in [1.165, 1.54) is 5.56 Å². The fraction of sp³-hybridized carbons (Fsp3) is 0.200. The average Bonchev–Trinajstić information content (AvgIpc) is 2.38. The van der Waals surface area contributed by atoms with Crippen LogP contribution in [0.2, 0.25) is 0 Å². The maximum absolute atomic E-state index is 13.8. The number of benzene rings is 2. The lowest BCUT2D eigenvalue weighted by molar-refractivity contribution is 0.506. The summed E-state index contributed by atoms with van der Waals surface area (Å²) in [5.74, 6) is -1.55. The molecule has 0 saturated heterocycles. The highest BCUT2D eigenvalue weighted by molar-refractivity contribution is 14.1. The lowest BCUT2D eigenvalue weighted by Gasteiger charge is -2.07. The van der Waals surface area contributed by atoms with Gasteiger partial charge in [0.05, 0.1) is 3.57 Å². The molecule has 0 atom stereocenters. The monoisotopic (exact) mass is 358 g/mol. The van der Waals surface area contributed by atoms with Crippen molar-refractivity contribution < 1.29 is 8.78 Å². The summed E-state index contributed by atoms with van der Waals surface area (Å²) in [6, 6.07) is 10.8. The normalized spacial score (nSPS) is 10.7. The third kappa shape index (κ3) is 2.71. The molecule has 2 rings (SSSR count). The molecule has 0 heterocycles. The van der Waals surface area contributed by atoms with Crippen LogP contribution in [0.15, 0.2) is 36.4 Å². The molecule has 0 fully saturated rings. The van der Waals surface area contributed by atoms with Gasteiger partial charge in [0.2, 0.25) is 0 Å². The van der Waals surface area contributed by atoms with Gasteiger partial charge in [0.15, 0.2) is 11.6 Å². The highest BCUT2D eigenvalue weighted by Crippen LogP contribution is 2.27. The van der Waals surface area contributed by atoms with E-state index >= 15 is 0 Å². The highest BCUT2D eigenvalue weighted by atomic mass is 127. The van der Waals surface area contributed by atoms with Crippen molar-refractivity contribution in [3.63, 3.8) is 0 Å². The second-order valence-electron chi connectivity index (χ2n) is 4.17. The van der Waals surface area contributed by atoms with Gasteiger partial charge in [-0.2, -0.15) is 0 Å². The first-order chi connectivity index (χ1) is 8.63. The predicted octanol–water partition coefficient (Wildman–Crippen LogP) is 5.19. The van der Waals surface area contributed by atoms with Crippen molar-refractivity contribution in [2.45, 2.75) is 19.8 Å². The van der Waals surface area contributed by atoms with Crippen molar-refractivity contribution in [3.05, 3.63) is 57.2 Å². The van der Waals surface area contributed by atoms with E-state index in [-0.39, 0.29) is 0 Å².